The molecule has 0 aromatic carbocycles. The monoisotopic (exact) mass is 152 g/mol. The van der Waals surface area contributed by atoms with Crippen LogP contribution < -0.4 is 0 Å². The van der Waals surface area contributed by atoms with Gasteiger partial charge in [0.1, 0.15) is 6.29 Å². The van der Waals surface area contributed by atoms with Crippen LogP contribution in [0.25, 0.3) is 0 Å². The first-order valence-electron chi connectivity index (χ1n) is 4.54. The molecule has 0 unspecified atom stereocenters. The van der Waals surface area contributed by atoms with Gasteiger partial charge in [0.15, 0.2) is 0 Å². The predicted molar refractivity (Wildman–Crippen MR) is 45.0 cm³/mol. The third-order valence-electron chi connectivity index (χ3n) is 2.51. The maximum Gasteiger partial charge on any atom is 0.123 e. The first-order chi connectivity index (χ1) is 5.33. The largest absolute Gasteiger partial charge is 0.303 e. The highest BCUT2D eigenvalue weighted by molar-refractivity contribution is 5.54. The van der Waals surface area contributed by atoms with Crippen molar-refractivity contribution in [3.8, 4) is 0 Å². The molecule has 1 atom stereocenters. The molecule has 0 aromatic rings. The average Bonchev–Trinajstić information content (AvgIpc) is 2.06. The molecule has 0 bridgehead atoms. The minimum atomic E-state index is -0.210. The Morgan fingerprint density at radius 2 is 2.00 bits per heavy atom. The molecule has 0 N–H and O–H groups in total. The Hall–Kier alpha value is -0.330. The van der Waals surface area contributed by atoms with Crippen LogP contribution in [0.2, 0.25) is 0 Å². The second-order valence-corrected chi connectivity index (χ2v) is 3.54. The van der Waals surface area contributed by atoms with Gasteiger partial charge in [0.05, 0.1) is 0 Å². The SMILES string of the molecule is [CH][C@H](C=O)CC1CCCCC1. The van der Waals surface area contributed by atoms with Gasteiger partial charge in [0, 0.05) is 5.92 Å². The van der Waals surface area contributed by atoms with E-state index >= 15 is 0 Å². The van der Waals surface area contributed by atoms with Crippen LogP contribution in [0.4, 0.5) is 0 Å². The van der Waals surface area contributed by atoms with Gasteiger partial charge in [0.2, 0.25) is 0 Å². The fourth-order valence-corrected chi connectivity index (χ4v) is 1.86. The van der Waals surface area contributed by atoms with Gasteiger partial charge >= 0.3 is 0 Å². The van der Waals surface area contributed by atoms with Gasteiger partial charge in [-0.25, -0.2) is 0 Å². The molecule has 1 aliphatic carbocycles. The van der Waals surface area contributed by atoms with E-state index in [1.165, 1.54) is 32.1 Å². The zero-order chi connectivity index (χ0) is 8.10. The number of rotatable bonds is 3. The Kier molecular flexibility index (Phi) is 3.61. The number of carbonyl (C=O) groups is 1. The summed E-state index contributed by atoms with van der Waals surface area (Å²) in [5.41, 5.74) is 0. The van der Waals surface area contributed by atoms with Crippen molar-refractivity contribution >= 4 is 6.29 Å². The number of aldehydes is 1. The fraction of sp³-hybridized carbons (Fsp3) is 0.800. The van der Waals surface area contributed by atoms with Crippen molar-refractivity contribution < 1.29 is 4.79 Å². The molecule has 2 radical (unpaired) electrons. The lowest BCUT2D eigenvalue weighted by Crippen LogP contribution is -2.11. The van der Waals surface area contributed by atoms with Crippen LogP contribution in [-0.2, 0) is 4.79 Å². The number of hydrogen-bond acceptors (Lipinski definition) is 1. The van der Waals surface area contributed by atoms with E-state index in [9.17, 15) is 4.79 Å². The predicted octanol–water partition coefficient (Wildman–Crippen LogP) is 2.48. The van der Waals surface area contributed by atoms with Crippen molar-refractivity contribution in [2.24, 2.45) is 11.8 Å². The first kappa shape index (κ1) is 8.76. The summed E-state index contributed by atoms with van der Waals surface area (Å²) in [6, 6.07) is 0. The van der Waals surface area contributed by atoms with E-state index in [1.807, 2.05) is 0 Å². The summed E-state index contributed by atoms with van der Waals surface area (Å²) in [5.74, 6) is 0.516. The third kappa shape index (κ3) is 3.04. The summed E-state index contributed by atoms with van der Waals surface area (Å²) < 4.78 is 0. The molecule has 1 fully saturated rings. The Morgan fingerprint density at radius 1 is 1.36 bits per heavy atom. The quantitative estimate of drug-likeness (QED) is 0.568. The minimum Gasteiger partial charge on any atom is -0.303 e. The maximum atomic E-state index is 10.3. The molecule has 0 aliphatic heterocycles. The second-order valence-electron chi connectivity index (χ2n) is 3.54. The van der Waals surface area contributed by atoms with Crippen LogP contribution in [0.3, 0.4) is 0 Å². The van der Waals surface area contributed by atoms with E-state index in [0.29, 0.717) is 0 Å². The van der Waals surface area contributed by atoms with Crippen LogP contribution in [0.1, 0.15) is 38.5 Å². The second kappa shape index (κ2) is 4.53. The van der Waals surface area contributed by atoms with Crippen LogP contribution >= 0.6 is 0 Å². The van der Waals surface area contributed by atoms with Crippen LogP contribution in [0, 0.1) is 18.8 Å². The van der Waals surface area contributed by atoms with Crippen LogP contribution in [-0.4, -0.2) is 6.29 Å². The van der Waals surface area contributed by atoms with E-state index in [1.54, 1.807) is 0 Å². The Labute approximate surface area is 69.2 Å². The topological polar surface area (TPSA) is 17.1 Å². The molecule has 1 heteroatoms. The molecule has 0 heterocycles. The highest BCUT2D eigenvalue weighted by Gasteiger charge is 2.15. The molecule has 1 saturated carbocycles. The lowest BCUT2D eigenvalue weighted by Gasteiger charge is -2.22. The van der Waals surface area contributed by atoms with Crippen molar-refractivity contribution in [1.29, 1.82) is 0 Å². The van der Waals surface area contributed by atoms with E-state index in [-0.39, 0.29) is 5.92 Å². The third-order valence-corrected chi connectivity index (χ3v) is 2.51. The van der Waals surface area contributed by atoms with Crippen molar-refractivity contribution in [1.82, 2.24) is 0 Å². The van der Waals surface area contributed by atoms with Crippen molar-refractivity contribution in [3.05, 3.63) is 6.92 Å². The van der Waals surface area contributed by atoms with Gasteiger partial charge in [0.25, 0.3) is 0 Å². The summed E-state index contributed by atoms with van der Waals surface area (Å²) in [5, 5.41) is 0. The maximum absolute atomic E-state index is 10.3. The summed E-state index contributed by atoms with van der Waals surface area (Å²) >= 11 is 0. The molecule has 1 aliphatic rings. The van der Waals surface area contributed by atoms with E-state index in [2.05, 4.69) is 0 Å². The molecule has 0 amide bonds. The lowest BCUT2D eigenvalue weighted by atomic mass is 9.84. The molecule has 11 heavy (non-hydrogen) atoms. The summed E-state index contributed by atoms with van der Waals surface area (Å²) in [6.07, 6.45) is 8.36. The molecule has 0 saturated heterocycles. The summed E-state index contributed by atoms with van der Waals surface area (Å²) in [7, 11) is 0. The van der Waals surface area contributed by atoms with Crippen molar-refractivity contribution in [2.45, 2.75) is 38.5 Å². The van der Waals surface area contributed by atoms with Crippen molar-refractivity contribution in [2.75, 3.05) is 0 Å². The highest BCUT2D eigenvalue weighted by Crippen LogP contribution is 2.28. The highest BCUT2D eigenvalue weighted by atomic mass is 16.1. The van der Waals surface area contributed by atoms with Gasteiger partial charge in [-0.1, -0.05) is 32.1 Å². The van der Waals surface area contributed by atoms with Crippen molar-refractivity contribution in [3.63, 3.8) is 0 Å². The van der Waals surface area contributed by atoms with E-state index in [0.717, 1.165) is 18.6 Å². The van der Waals surface area contributed by atoms with Gasteiger partial charge in [-0.2, -0.15) is 0 Å². The first-order valence-corrected chi connectivity index (χ1v) is 4.54. The van der Waals surface area contributed by atoms with Gasteiger partial charge in [-0.3, -0.25) is 0 Å². The molecule has 0 spiro atoms. The van der Waals surface area contributed by atoms with E-state index < -0.39 is 0 Å². The molecular weight excluding hydrogens is 136 g/mol. The molecule has 1 rings (SSSR count). The normalized spacial score (nSPS) is 23.0. The molecule has 1 nitrogen and oxygen atoms in total. The number of carbonyl (C=O) groups excluding carboxylic acids is 1. The average molecular weight is 152 g/mol. The smallest absolute Gasteiger partial charge is 0.123 e. The number of hydrogen-bond donors (Lipinski definition) is 0. The molecular formula is C10H16O. The zero-order valence-corrected chi connectivity index (χ0v) is 6.96. The lowest BCUT2D eigenvalue weighted by molar-refractivity contribution is -0.110. The van der Waals surface area contributed by atoms with Crippen LogP contribution in [0.15, 0.2) is 0 Å². The molecule has 62 valence electrons. The Morgan fingerprint density at radius 3 is 2.55 bits per heavy atom. The zero-order valence-electron chi connectivity index (χ0n) is 6.96. The van der Waals surface area contributed by atoms with Gasteiger partial charge in [-0.15, -0.1) is 0 Å². The van der Waals surface area contributed by atoms with E-state index in [4.69, 9.17) is 6.92 Å². The Balaban J connectivity index is 2.18. The van der Waals surface area contributed by atoms with Gasteiger partial charge in [-0.05, 0) is 19.3 Å². The Bertz CT molecular complexity index is 114. The summed E-state index contributed by atoms with van der Waals surface area (Å²) in [6.45, 7) is 5.54. The summed E-state index contributed by atoms with van der Waals surface area (Å²) in [4.78, 5) is 10.3. The molecule has 0 aromatic heterocycles. The fourth-order valence-electron chi connectivity index (χ4n) is 1.86. The van der Waals surface area contributed by atoms with Crippen LogP contribution in [0.5, 0.6) is 0 Å². The standard InChI is InChI=1S/C10H16O/c1-9(8-11)7-10-5-3-2-4-6-10/h1,8-10H,2-7H2/t9-/m0/s1. The minimum absolute atomic E-state index is 0.210. The van der Waals surface area contributed by atoms with Gasteiger partial charge < -0.3 is 4.79 Å².